The fraction of sp³-hybridized carbons (Fsp3) is 0.462. The van der Waals surface area contributed by atoms with Crippen molar-refractivity contribution in [3.05, 3.63) is 34.4 Å². The minimum absolute atomic E-state index is 0.0977. The molecule has 1 aliphatic rings. The molecular formula is C13H16ClN5O. The first-order valence-electron chi connectivity index (χ1n) is 6.67. The van der Waals surface area contributed by atoms with Crippen molar-refractivity contribution in [2.45, 2.75) is 38.8 Å². The summed E-state index contributed by atoms with van der Waals surface area (Å²) in [5, 5.41) is 14.8. The van der Waals surface area contributed by atoms with E-state index in [-0.39, 0.29) is 5.91 Å². The molecule has 0 bridgehead atoms. The van der Waals surface area contributed by atoms with Crippen molar-refractivity contribution in [1.29, 1.82) is 0 Å². The number of hydrogen-bond donors (Lipinski definition) is 2. The predicted octanol–water partition coefficient (Wildman–Crippen LogP) is 1.63. The summed E-state index contributed by atoms with van der Waals surface area (Å²) >= 11 is 5.80. The highest BCUT2D eigenvalue weighted by Crippen LogP contribution is 2.22. The summed E-state index contributed by atoms with van der Waals surface area (Å²) in [7, 11) is 0. The van der Waals surface area contributed by atoms with E-state index < -0.39 is 6.04 Å². The molecule has 0 aliphatic heterocycles. The largest absolute Gasteiger partial charge is 0.349 e. The van der Waals surface area contributed by atoms with Gasteiger partial charge in [0.25, 0.3) is 0 Å². The van der Waals surface area contributed by atoms with E-state index in [9.17, 15) is 4.79 Å². The molecule has 0 saturated carbocycles. The van der Waals surface area contributed by atoms with E-state index in [0.717, 1.165) is 25.0 Å². The molecule has 0 spiro atoms. The van der Waals surface area contributed by atoms with E-state index in [2.05, 4.69) is 20.6 Å². The number of fused-ring (bicyclic) bond motifs is 1. The maximum absolute atomic E-state index is 12.1. The number of aryl methyl sites for hydroxylation is 1. The molecule has 0 unspecified atom stereocenters. The molecule has 7 heteroatoms. The van der Waals surface area contributed by atoms with Crippen LogP contribution in [0.15, 0.2) is 12.4 Å². The molecule has 1 atom stereocenters. The van der Waals surface area contributed by atoms with Crippen LogP contribution in [0.5, 0.6) is 0 Å². The second kappa shape index (κ2) is 5.28. The molecule has 2 N–H and O–H groups in total. The Hall–Kier alpha value is -1.82. The van der Waals surface area contributed by atoms with E-state index in [0.29, 0.717) is 11.6 Å². The molecule has 20 heavy (non-hydrogen) atoms. The van der Waals surface area contributed by atoms with Crippen molar-refractivity contribution < 1.29 is 4.79 Å². The number of aromatic nitrogens is 4. The van der Waals surface area contributed by atoms with E-state index in [1.807, 2.05) is 0 Å². The fourth-order valence-electron chi connectivity index (χ4n) is 2.50. The highest BCUT2D eigenvalue weighted by atomic mass is 35.5. The standard InChI is InChI=1S/C13H16ClN5O/c1-8(19-7-9(14)5-16-19)13(20)15-6-12-10-3-2-4-11(10)17-18-12/h5,7-8H,2-4,6H2,1H3,(H,15,20)(H,17,18)/t8-/m0/s1. The highest BCUT2D eigenvalue weighted by Gasteiger charge is 2.20. The lowest BCUT2D eigenvalue weighted by Gasteiger charge is -2.12. The van der Waals surface area contributed by atoms with Crippen LogP contribution in [-0.4, -0.2) is 25.9 Å². The molecule has 2 aromatic heterocycles. The minimum Gasteiger partial charge on any atom is -0.349 e. The number of nitrogens with one attached hydrogen (secondary N) is 2. The Morgan fingerprint density at radius 2 is 2.45 bits per heavy atom. The third kappa shape index (κ3) is 2.43. The number of hydrogen-bond acceptors (Lipinski definition) is 3. The average molecular weight is 294 g/mol. The molecule has 0 aromatic carbocycles. The summed E-state index contributed by atoms with van der Waals surface area (Å²) in [6, 6.07) is -0.394. The molecule has 106 valence electrons. The minimum atomic E-state index is -0.394. The van der Waals surface area contributed by atoms with Crippen LogP contribution in [0.3, 0.4) is 0 Å². The molecule has 3 rings (SSSR count). The topological polar surface area (TPSA) is 75.6 Å². The van der Waals surface area contributed by atoms with Gasteiger partial charge in [-0.05, 0) is 31.7 Å². The first-order valence-corrected chi connectivity index (χ1v) is 7.05. The van der Waals surface area contributed by atoms with E-state index >= 15 is 0 Å². The third-order valence-corrected chi connectivity index (χ3v) is 3.86. The fourth-order valence-corrected chi connectivity index (χ4v) is 2.64. The van der Waals surface area contributed by atoms with Gasteiger partial charge in [0, 0.05) is 11.9 Å². The number of halogens is 1. The van der Waals surface area contributed by atoms with Crippen molar-refractivity contribution in [3.8, 4) is 0 Å². The maximum Gasteiger partial charge on any atom is 0.244 e. The van der Waals surface area contributed by atoms with E-state index in [1.165, 1.54) is 17.5 Å². The number of nitrogens with zero attached hydrogens (tertiary/aromatic N) is 3. The number of H-pyrrole nitrogens is 1. The number of rotatable bonds is 4. The summed E-state index contributed by atoms with van der Waals surface area (Å²) in [6.45, 7) is 2.23. The van der Waals surface area contributed by atoms with Gasteiger partial charge in [-0.3, -0.25) is 14.6 Å². The highest BCUT2D eigenvalue weighted by molar-refractivity contribution is 6.30. The van der Waals surface area contributed by atoms with E-state index in [1.54, 1.807) is 17.8 Å². The van der Waals surface area contributed by atoms with Crippen LogP contribution in [-0.2, 0) is 24.2 Å². The Kier molecular flexibility index (Phi) is 3.48. The molecule has 2 heterocycles. The van der Waals surface area contributed by atoms with Crippen LogP contribution in [0.4, 0.5) is 0 Å². The van der Waals surface area contributed by atoms with Gasteiger partial charge in [0.2, 0.25) is 5.91 Å². The average Bonchev–Trinajstić information content (AvgIpc) is 3.11. The van der Waals surface area contributed by atoms with Crippen LogP contribution in [0.2, 0.25) is 5.02 Å². The number of aromatic amines is 1. The van der Waals surface area contributed by atoms with Gasteiger partial charge < -0.3 is 5.32 Å². The van der Waals surface area contributed by atoms with Crippen molar-refractivity contribution in [2.24, 2.45) is 0 Å². The van der Waals surface area contributed by atoms with Gasteiger partial charge in [-0.1, -0.05) is 11.6 Å². The van der Waals surface area contributed by atoms with Crippen molar-refractivity contribution in [3.63, 3.8) is 0 Å². The van der Waals surface area contributed by atoms with Crippen LogP contribution < -0.4 is 5.32 Å². The van der Waals surface area contributed by atoms with Crippen molar-refractivity contribution in [1.82, 2.24) is 25.3 Å². The zero-order chi connectivity index (χ0) is 14.1. The van der Waals surface area contributed by atoms with Crippen molar-refractivity contribution in [2.75, 3.05) is 0 Å². The molecule has 6 nitrogen and oxygen atoms in total. The zero-order valence-corrected chi connectivity index (χ0v) is 11.9. The second-order valence-corrected chi connectivity index (χ2v) is 5.45. The summed E-state index contributed by atoms with van der Waals surface area (Å²) < 4.78 is 1.55. The summed E-state index contributed by atoms with van der Waals surface area (Å²) in [6.07, 6.45) is 6.41. The molecule has 2 aromatic rings. The number of carbonyl (C=O) groups excluding carboxylic acids is 1. The van der Waals surface area contributed by atoms with E-state index in [4.69, 9.17) is 11.6 Å². The lowest BCUT2D eigenvalue weighted by atomic mass is 10.2. The van der Waals surface area contributed by atoms with Crippen LogP contribution in [0, 0.1) is 0 Å². The molecule has 1 aliphatic carbocycles. The summed E-state index contributed by atoms with van der Waals surface area (Å²) in [4.78, 5) is 12.1. The Bertz CT molecular complexity index is 632. The molecule has 0 saturated heterocycles. The molecule has 1 amide bonds. The third-order valence-electron chi connectivity index (χ3n) is 3.67. The second-order valence-electron chi connectivity index (χ2n) is 5.01. The van der Waals surface area contributed by atoms with Gasteiger partial charge in [-0.15, -0.1) is 0 Å². The predicted molar refractivity (Wildman–Crippen MR) is 74.4 cm³/mol. The van der Waals surface area contributed by atoms with Gasteiger partial charge in [0.15, 0.2) is 0 Å². The normalized spacial score (nSPS) is 15.1. The molecule has 0 radical (unpaired) electrons. The Labute approximate surface area is 121 Å². The van der Waals surface area contributed by atoms with Crippen LogP contribution >= 0.6 is 11.6 Å². The monoisotopic (exact) mass is 293 g/mol. The smallest absolute Gasteiger partial charge is 0.244 e. The lowest BCUT2D eigenvalue weighted by Crippen LogP contribution is -2.31. The summed E-state index contributed by atoms with van der Waals surface area (Å²) in [5.41, 5.74) is 3.41. The van der Waals surface area contributed by atoms with Gasteiger partial charge in [0.05, 0.1) is 23.5 Å². The number of carbonyl (C=O) groups is 1. The lowest BCUT2D eigenvalue weighted by molar-refractivity contribution is -0.124. The van der Waals surface area contributed by atoms with Crippen molar-refractivity contribution >= 4 is 17.5 Å². The van der Waals surface area contributed by atoms with Gasteiger partial charge in [-0.2, -0.15) is 10.2 Å². The Morgan fingerprint density at radius 1 is 1.60 bits per heavy atom. The Morgan fingerprint density at radius 3 is 3.20 bits per heavy atom. The number of amides is 1. The maximum atomic E-state index is 12.1. The van der Waals surface area contributed by atoms with Gasteiger partial charge >= 0.3 is 0 Å². The Balaban J connectivity index is 1.62. The van der Waals surface area contributed by atoms with Gasteiger partial charge in [0.1, 0.15) is 6.04 Å². The van der Waals surface area contributed by atoms with Crippen LogP contribution in [0.25, 0.3) is 0 Å². The quantitative estimate of drug-likeness (QED) is 0.899. The van der Waals surface area contributed by atoms with Crippen LogP contribution in [0.1, 0.15) is 36.3 Å². The first-order chi connectivity index (χ1) is 9.65. The molecular weight excluding hydrogens is 278 g/mol. The molecule has 0 fully saturated rings. The zero-order valence-electron chi connectivity index (χ0n) is 11.2. The SMILES string of the molecule is C[C@@H](C(=O)NCc1n[nH]c2c1CCC2)n1cc(Cl)cn1. The summed E-state index contributed by atoms with van der Waals surface area (Å²) in [5.74, 6) is -0.0977. The van der Waals surface area contributed by atoms with Gasteiger partial charge in [-0.25, -0.2) is 0 Å². The first kappa shape index (κ1) is 13.2.